The average molecular weight is 375 g/mol. The van der Waals surface area contributed by atoms with E-state index in [1.807, 2.05) is 0 Å². The summed E-state index contributed by atoms with van der Waals surface area (Å²) in [5, 5.41) is 6.07. The SMILES string of the molecule is Cc1nc(Nc2ccc(F)c(F)c2)cc(C(=O)Nc2ccc(Cl)cc2)n1. The van der Waals surface area contributed by atoms with Crippen molar-refractivity contribution in [3.8, 4) is 0 Å². The molecule has 1 amide bonds. The van der Waals surface area contributed by atoms with E-state index in [4.69, 9.17) is 11.6 Å². The second-order valence-corrected chi connectivity index (χ2v) is 5.84. The van der Waals surface area contributed by atoms with Crippen molar-refractivity contribution in [3.05, 3.63) is 76.7 Å². The van der Waals surface area contributed by atoms with Gasteiger partial charge in [-0.05, 0) is 43.3 Å². The maximum atomic E-state index is 13.3. The van der Waals surface area contributed by atoms with Gasteiger partial charge in [0, 0.05) is 28.5 Å². The Morgan fingerprint density at radius 2 is 1.65 bits per heavy atom. The standard InChI is InChI=1S/C18H13ClF2N4O/c1-10-22-16(18(26)25-12-4-2-11(19)3-5-12)9-17(23-10)24-13-6-7-14(20)15(21)8-13/h2-9H,1H3,(H,25,26)(H,22,23,24). The van der Waals surface area contributed by atoms with Gasteiger partial charge in [0.25, 0.3) is 5.91 Å². The van der Waals surface area contributed by atoms with Gasteiger partial charge in [-0.2, -0.15) is 0 Å². The van der Waals surface area contributed by atoms with Crippen molar-refractivity contribution < 1.29 is 13.6 Å². The topological polar surface area (TPSA) is 66.9 Å². The van der Waals surface area contributed by atoms with Gasteiger partial charge < -0.3 is 10.6 Å². The monoisotopic (exact) mass is 374 g/mol. The summed E-state index contributed by atoms with van der Waals surface area (Å²) in [4.78, 5) is 20.6. The van der Waals surface area contributed by atoms with Crippen molar-refractivity contribution in [1.82, 2.24) is 9.97 Å². The van der Waals surface area contributed by atoms with Gasteiger partial charge >= 0.3 is 0 Å². The van der Waals surface area contributed by atoms with Crippen LogP contribution in [0.4, 0.5) is 26.0 Å². The van der Waals surface area contributed by atoms with Crippen LogP contribution in [0, 0.1) is 18.6 Å². The molecule has 1 heterocycles. The molecule has 2 N–H and O–H groups in total. The van der Waals surface area contributed by atoms with Crippen LogP contribution in [-0.2, 0) is 0 Å². The number of amides is 1. The molecule has 0 aliphatic carbocycles. The molecule has 0 unspecified atom stereocenters. The summed E-state index contributed by atoms with van der Waals surface area (Å²) >= 11 is 5.81. The third kappa shape index (κ3) is 4.31. The molecule has 26 heavy (non-hydrogen) atoms. The Balaban J connectivity index is 1.81. The minimum atomic E-state index is -0.985. The van der Waals surface area contributed by atoms with E-state index in [-0.39, 0.29) is 11.5 Å². The lowest BCUT2D eigenvalue weighted by molar-refractivity contribution is 0.102. The largest absolute Gasteiger partial charge is 0.340 e. The molecular weight excluding hydrogens is 362 g/mol. The van der Waals surface area contributed by atoms with E-state index in [2.05, 4.69) is 20.6 Å². The second kappa shape index (κ2) is 7.45. The summed E-state index contributed by atoms with van der Waals surface area (Å²) in [6, 6.07) is 11.4. The number of halogens is 3. The van der Waals surface area contributed by atoms with Gasteiger partial charge in [0.1, 0.15) is 17.3 Å². The predicted octanol–water partition coefficient (Wildman–Crippen LogP) is 4.71. The van der Waals surface area contributed by atoms with Crippen LogP contribution in [0.3, 0.4) is 0 Å². The zero-order chi connectivity index (χ0) is 18.7. The van der Waals surface area contributed by atoms with Crippen molar-refractivity contribution in [2.45, 2.75) is 6.92 Å². The van der Waals surface area contributed by atoms with Crippen LogP contribution in [0.1, 0.15) is 16.3 Å². The van der Waals surface area contributed by atoms with Crippen LogP contribution < -0.4 is 10.6 Å². The Bertz CT molecular complexity index is 964. The number of aryl methyl sites for hydroxylation is 1. The van der Waals surface area contributed by atoms with Crippen molar-refractivity contribution in [2.24, 2.45) is 0 Å². The molecule has 5 nitrogen and oxygen atoms in total. The number of hydrogen-bond acceptors (Lipinski definition) is 4. The summed E-state index contributed by atoms with van der Waals surface area (Å²) in [6.07, 6.45) is 0. The molecule has 8 heteroatoms. The van der Waals surface area contributed by atoms with Gasteiger partial charge in [0.05, 0.1) is 0 Å². The highest BCUT2D eigenvalue weighted by molar-refractivity contribution is 6.30. The molecule has 0 aliphatic heterocycles. The molecule has 2 aromatic carbocycles. The number of rotatable bonds is 4. The molecule has 0 bridgehead atoms. The van der Waals surface area contributed by atoms with Crippen molar-refractivity contribution in [3.63, 3.8) is 0 Å². The molecule has 0 saturated carbocycles. The quantitative estimate of drug-likeness (QED) is 0.694. The molecule has 132 valence electrons. The zero-order valence-corrected chi connectivity index (χ0v) is 14.3. The van der Waals surface area contributed by atoms with Gasteiger partial charge in [-0.3, -0.25) is 4.79 Å². The molecule has 0 radical (unpaired) electrons. The average Bonchev–Trinajstić information content (AvgIpc) is 2.59. The Kier molecular flexibility index (Phi) is 5.09. The highest BCUT2D eigenvalue weighted by atomic mass is 35.5. The van der Waals surface area contributed by atoms with E-state index in [1.54, 1.807) is 31.2 Å². The number of carbonyl (C=O) groups is 1. The van der Waals surface area contributed by atoms with Crippen LogP contribution in [0.2, 0.25) is 5.02 Å². The molecule has 0 atom stereocenters. The summed E-state index contributed by atoms with van der Waals surface area (Å²) in [5.41, 5.74) is 0.981. The van der Waals surface area contributed by atoms with E-state index >= 15 is 0 Å². The van der Waals surface area contributed by atoms with E-state index in [0.717, 1.165) is 12.1 Å². The van der Waals surface area contributed by atoms with E-state index in [1.165, 1.54) is 12.1 Å². The van der Waals surface area contributed by atoms with Crippen LogP contribution in [0.15, 0.2) is 48.5 Å². The summed E-state index contributed by atoms with van der Waals surface area (Å²) in [6.45, 7) is 1.62. The van der Waals surface area contributed by atoms with Gasteiger partial charge in [-0.15, -0.1) is 0 Å². The highest BCUT2D eigenvalue weighted by Crippen LogP contribution is 2.19. The third-order valence-electron chi connectivity index (χ3n) is 3.36. The lowest BCUT2D eigenvalue weighted by Gasteiger charge is -2.09. The van der Waals surface area contributed by atoms with Crippen molar-refractivity contribution >= 4 is 34.7 Å². The van der Waals surface area contributed by atoms with Gasteiger partial charge in [-0.25, -0.2) is 18.7 Å². The van der Waals surface area contributed by atoms with Crippen LogP contribution >= 0.6 is 11.6 Å². The van der Waals surface area contributed by atoms with Crippen LogP contribution in [0.5, 0.6) is 0 Å². The Morgan fingerprint density at radius 3 is 2.35 bits per heavy atom. The Labute approximate surface area is 153 Å². The normalized spacial score (nSPS) is 10.5. The highest BCUT2D eigenvalue weighted by Gasteiger charge is 2.12. The fraction of sp³-hybridized carbons (Fsp3) is 0.0556. The summed E-state index contributed by atoms with van der Waals surface area (Å²) in [5.74, 6) is -1.74. The van der Waals surface area contributed by atoms with Crippen molar-refractivity contribution in [1.29, 1.82) is 0 Å². The molecule has 0 aliphatic rings. The van der Waals surface area contributed by atoms with Gasteiger partial charge in [0.15, 0.2) is 11.6 Å². The lowest BCUT2D eigenvalue weighted by Crippen LogP contribution is -2.15. The summed E-state index contributed by atoms with van der Waals surface area (Å²) in [7, 11) is 0. The molecular formula is C18H13ClF2N4O. The number of anilines is 3. The van der Waals surface area contributed by atoms with Gasteiger partial charge in [0.2, 0.25) is 0 Å². The predicted molar refractivity (Wildman–Crippen MR) is 95.8 cm³/mol. The first-order chi connectivity index (χ1) is 12.4. The Morgan fingerprint density at radius 1 is 0.962 bits per heavy atom. The first-order valence-corrected chi connectivity index (χ1v) is 7.93. The smallest absolute Gasteiger partial charge is 0.274 e. The molecule has 0 spiro atoms. The maximum absolute atomic E-state index is 13.3. The molecule has 3 aromatic rings. The van der Waals surface area contributed by atoms with E-state index < -0.39 is 17.5 Å². The number of aromatic nitrogens is 2. The summed E-state index contributed by atoms with van der Waals surface area (Å²) < 4.78 is 26.3. The molecule has 3 rings (SSSR count). The maximum Gasteiger partial charge on any atom is 0.274 e. The lowest BCUT2D eigenvalue weighted by atomic mass is 10.2. The number of nitrogens with one attached hydrogen (secondary N) is 2. The number of benzene rings is 2. The van der Waals surface area contributed by atoms with Crippen LogP contribution in [-0.4, -0.2) is 15.9 Å². The number of hydrogen-bond donors (Lipinski definition) is 2. The first-order valence-electron chi connectivity index (χ1n) is 7.55. The zero-order valence-electron chi connectivity index (χ0n) is 13.6. The van der Waals surface area contributed by atoms with Crippen LogP contribution in [0.25, 0.3) is 0 Å². The van der Waals surface area contributed by atoms with E-state index in [9.17, 15) is 13.6 Å². The second-order valence-electron chi connectivity index (χ2n) is 5.40. The molecule has 1 aromatic heterocycles. The minimum Gasteiger partial charge on any atom is -0.340 e. The van der Waals surface area contributed by atoms with Gasteiger partial charge in [-0.1, -0.05) is 11.6 Å². The number of carbonyl (C=O) groups excluding carboxylic acids is 1. The fourth-order valence-corrected chi connectivity index (χ4v) is 2.32. The number of nitrogens with zero attached hydrogens (tertiary/aromatic N) is 2. The molecule has 0 saturated heterocycles. The van der Waals surface area contributed by atoms with Crippen molar-refractivity contribution in [2.75, 3.05) is 10.6 Å². The first kappa shape index (κ1) is 17.8. The Hall–Kier alpha value is -3.06. The minimum absolute atomic E-state index is 0.123. The molecule has 0 fully saturated rings. The van der Waals surface area contributed by atoms with E-state index in [0.29, 0.717) is 22.2 Å². The fourth-order valence-electron chi connectivity index (χ4n) is 2.20. The third-order valence-corrected chi connectivity index (χ3v) is 3.62.